The molecule has 0 bridgehead atoms. The van der Waals surface area contributed by atoms with Crippen LogP contribution in [0.15, 0.2) is 48.0 Å². The first kappa shape index (κ1) is 20.3. The molecule has 0 saturated heterocycles. The number of carbonyl (C=O) groups is 1. The first-order valence-electron chi connectivity index (χ1n) is 9.45. The number of amides is 1. The lowest BCUT2D eigenvalue weighted by Gasteiger charge is -2.25. The Hall–Kier alpha value is -3.42. The predicted molar refractivity (Wildman–Crippen MR) is 114 cm³/mol. The number of benzene rings is 1. The van der Waals surface area contributed by atoms with Crippen molar-refractivity contribution in [3.63, 3.8) is 0 Å². The molecule has 0 aliphatic rings. The maximum atomic E-state index is 11.3. The monoisotopic (exact) mass is 394 g/mol. The number of aromatic amines is 1. The summed E-state index contributed by atoms with van der Waals surface area (Å²) >= 11 is 0. The molecule has 8 heteroatoms. The standard InChI is InChI=1S/C21H26N6O2/c1-15(28)22-10-11-27(20-18-8-9-23-19(18)24-14-25-20)17-7-5-6-16(12-17)13-26-29-21(2,3)4/h5-9,12-14H,10-11H2,1-4H3,(H,22,28)(H,23,24,25). The first-order valence-corrected chi connectivity index (χ1v) is 9.45. The maximum Gasteiger partial charge on any atom is 0.216 e. The molecule has 29 heavy (non-hydrogen) atoms. The van der Waals surface area contributed by atoms with Gasteiger partial charge in [-0.15, -0.1) is 0 Å². The van der Waals surface area contributed by atoms with Gasteiger partial charge < -0.3 is 20.0 Å². The summed E-state index contributed by atoms with van der Waals surface area (Å²) in [4.78, 5) is 30.7. The van der Waals surface area contributed by atoms with Crippen LogP contribution in [0.2, 0.25) is 0 Å². The van der Waals surface area contributed by atoms with Gasteiger partial charge in [-0.1, -0.05) is 17.3 Å². The maximum absolute atomic E-state index is 11.3. The number of aromatic nitrogens is 3. The third kappa shape index (κ3) is 5.54. The molecule has 2 N–H and O–H groups in total. The summed E-state index contributed by atoms with van der Waals surface area (Å²) in [5.74, 6) is 0.696. The predicted octanol–water partition coefficient (Wildman–Crippen LogP) is 3.38. The summed E-state index contributed by atoms with van der Waals surface area (Å²) in [6, 6.07) is 9.85. The highest BCUT2D eigenvalue weighted by atomic mass is 16.6. The first-order chi connectivity index (χ1) is 13.8. The zero-order valence-electron chi connectivity index (χ0n) is 17.1. The van der Waals surface area contributed by atoms with Crippen molar-refractivity contribution >= 4 is 34.7 Å². The average molecular weight is 394 g/mol. The van der Waals surface area contributed by atoms with Crippen LogP contribution in [-0.4, -0.2) is 45.8 Å². The molecule has 0 saturated carbocycles. The van der Waals surface area contributed by atoms with Crippen molar-refractivity contribution in [2.45, 2.75) is 33.3 Å². The Labute approximate surface area is 170 Å². The normalized spacial score (nSPS) is 11.7. The Balaban J connectivity index is 1.93. The van der Waals surface area contributed by atoms with Crippen LogP contribution < -0.4 is 10.2 Å². The van der Waals surface area contributed by atoms with Gasteiger partial charge in [0, 0.05) is 31.9 Å². The second kappa shape index (κ2) is 8.72. The van der Waals surface area contributed by atoms with E-state index in [2.05, 4.69) is 30.3 Å². The molecule has 2 aromatic heterocycles. The average Bonchev–Trinajstić information content (AvgIpc) is 3.13. The van der Waals surface area contributed by atoms with E-state index < -0.39 is 0 Å². The lowest BCUT2D eigenvalue weighted by atomic mass is 10.2. The van der Waals surface area contributed by atoms with Gasteiger partial charge in [0.15, 0.2) is 0 Å². The summed E-state index contributed by atoms with van der Waals surface area (Å²) in [7, 11) is 0. The van der Waals surface area contributed by atoms with Crippen LogP contribution in [0.3, 0.4) is 0 Å². The fraction of sp³-hybridized carbons (Fsp3) is 0.333. The molecule has 3 rings (SSSR count). The van der Waals surface area contributed by atoms with Gasteiger partial charge in [-0.3, -0.25) is 4.79 Å². The van der Waals surface area contributed by atoms with Crippen LogP contribution in [0, 0.1) is 0 Å². The van der Waals surface area contributed by atoms with Crippen molar-refractivity contribution < 1.29 is 9.63 Å². The smallest absolute Gasteiger partial charge is 0.216 e. The van der Waals surface area contributed by atoms with Crippen molar-refractivity contribution in [3.8, 4) is 0 Å². The van der Waals surface area contributed by atoms with Gasteiger partial charge >= 0.3 is 0 Å². The lowest BCUT2D eigenvalue weighted by molar-refractivity contribution is -0.118. The summed E-state index contributed by atoms with van der Waals surface area (Å²) in [5.41, 5.74) is 2.24. The second-order valence-corrected chi connectivity index (χ2v) is 7.60. The Bertz CT molecular complexity index is 1010. The summed E-state index contributed by atoms with van der Waals surface area (Å²) in [6.45, 7) is 8.38. The molecule has 0 spiro atoms. The van der Waals surface area contributed by atoms with Crippen molar-refractivity contribution in [1.82, 2.24) is 20.3 Å². The molecule has 0 aliphatic heterocycles. The number of carbonyl (C=O) groups excluding carboxylic acids is 1. The molecule has 8 nitrogen and oxygen atoms in total. The second-order valence-electron chi connectivity index (χ2n) is 7.60. The summed E-state index contributed by atoms with van der Waals surface area (Å²) < 4.78 is 0. The van der Waals surface area contributed by atoms with Gasteiger partial charge in [-0.25, -0.2) is 9.97 Å². The number of oxime groups is 1. The van der Waals surface area contributed by atoms with Gasteiger partial charge in [0.1, 0.15) is 23.4 Å². The molecule has 0 aliphatic carbocycles. The molecule has 0 atom stereocenters. The minimum Gasteiger partial charge on any atom is -0.390 e. The number of fused-ring (bicyclic) bond motifs is 1. The molecule has 152 valence electrons. The van der Waals surface area contributed by atoms with Gasteiger partial charge in [-0.2, -0.15) is 0 Å². The van der Waals surface area contributed by atoms with Crippen LogP contribution in [0.25, 0.3) is 11.0 Å². The van der Waals surface area contributed by atoms with Gasteiger partial charge in [0.05, 0.1) is 11.6 Å². The number of H-pyrrole nitrogens is 1. The van der Waals surface area contributed by atoms with E-state index in [0.29, 0.717) is 13.1 Å². The van der Waals surface area contributed by atoms with E-state index in [0.717, 1.165) is 28.1 Å². The van der Waals surface area contributed by atoms with Crippen LogP contribution in [0.5, 0.6) is 0 Å². The third-order valence-corrected chi connectivity index (χ3v) is 4.01. The fourth-order valence-electron chi connectivity index (χ4n) is 2.79. The number of anilines is 2. The van der Waals surface area contributed by atoms with E-state index in [1.54, 1.807) is 6.21 Å². The summed E-state index contributed by atoms with van der Waals surface area (Å²) in [5, 5.41) is 7.83. The van der Waals surface area contributed by atoms with Crippen LogP contribution in [0.1, 0.15) is 33.3 Å². The largest absolute Gasteiger partial charge is 0.390 e. The van der Waals surface area contributed by atoms with Crippen LogP contribution in [-0.2, 0) is 9.63 Å². The Morgan fingerprint density at radius 3 is 2.90 bits per heavy atom. The van der Waals surface area contributed by atoms with Crippen molar-refractivity contribution in [1.29, 1.82) is 0 Å². The lowest BCUT2D eigenvalue weighted by Crippen LogP contribution is -2.31. The summed E-state index contributed by atoms with van der Waals surface area (Å²) in [6.07, 6.45) is 5.05. The van der Waals surface area contributed by atoms with Crippen molar-refractivity contribution in [2.75, 3.05) is 18.0 Å². The molecule has 0 fully saturated rings. The van der Waals surface area contributed by atoms with E-state index in [1.165, 1.54) is 13.3 Å². The Kier molecular flexibility index (Phi) is 6.11. The van der Waals surface area contributed by atoms with Crippen LogP contribution in [0.4, 0.5) is 11.5 Å². The number of hydrogen-bond acceptors (Lipinski definition) is 6. The Morgan fingerprint density at radius 2 is 2.14 bits per heavy atom. The minimum atomic E-state index is -0.348. The molecule has 1 aromatic carbocycles. The number of nitrogens with zero attached hydrogens (tertiary/aromatic N) is 4. The fourth-order valence-corrected chi connectivity index (χ4v) is 2.79. The van der Waals surface area contributed by atoms with Gasteiger partial charge in [0.2, 0.25) is 5.91 Å². The molecular formula is C21H26N6O2. The van der Waals surface area contributed by atoms with E-state index >= 15 is 0 Å². The van der Waals surface area contributed by atoms with Crippen molar-refractivity contribution in [2.24, 2.45) is 5.16 Å². The number of hydrogen-bond donors (Lipinski definition) is 2. The highest BCUT2D eigenvalue weighted by Gasteiger charge is 2.16. The van der Waals surface area contributed by atoms with E-state index in [1.807, 2.05) is 57.3 Å². The molecular weight excluding hydrogens is 368 g/mol. The SMILES string of the molecule is CC(=O)NCCN(c1cccc(C=NOC(C)(C)C)c1)c1ncnc2[nH]ccc12. The third-order valence-electron chi connectivity index (χ3n) is 4.01. The van der Waals surface area contributed by atoms with E-state index in [4.69, 9.17) is 4.84 Å². The molecule has 0 unspecified atom stereocenters. The molecule has 2 heterocycles. The molecule has 0 radical (unpaired) electrons. The molecule has 1 amide bonds. The van der Waals surface area contributed by atoms with Gasteiger partial charge in [-0.05, 0) is 44.5 Å². The minimum absolute atomic E-state index is 0.0698. The zero-order chi connectivity index (χ0) is 20.9. The highest BCUT2D eigenvalue weighted by Crippen LogP contribution is 2.29. The Morgan fingerprint density at radius 1 is 1.31 bits per heavy atom. The van der Waals surface area contributed by atoms with E-state index in [9.17, 15) is 4.79 Å². The number of rotatable bonds is 7. The van der Waals surface area contributed by atoms with Gasteiger partial charge in [0.25, 0.3) is 0 Å². The number of nitrogens with one attached hydrogen (secondary N) is 2. The quantitative estimate of drug-likeness (QED) is 0.473. The van der Waals surface area contributed by atoms with Crippen LogP contribution >= 0.6 is 0 Å². The highest BCUT2D eigenvalue weighted by molar-refractivity contribution is 5.90. The zero-order valence-corrected chi connectivity index (χ0v) is 17.1. The molecule has 3 aromatic rings. The van der Waals surface area contributed by atoms with Crippen molar-refractivity contribution in [3.05, 3.63) is 48.4 Å². The van der Waals surface area contributed by atoms with E-state index in [-0.39, 0.29) is 11.5 Å². The topological polar surface area (TPSA) is 95.5 Å².